The Bertz CT molecular complexity index is 157. The first-order chi connectivity index (χ1) is 5.34. The van der Waals surface area contributed by atoms with Crippen molar-refractivity contribution < 1.29 is 17.3 Å². The average molecular weight is 185 g/mol. The monoisotopic (exact) mass is 185 g/mol. The highest BCUT2D eigenvalue weighted by molar-refractivity contribution is 6.50. The summed E-state index contributed by atoms with van der Waals surface area (Å²) in [7, 11) is -4.26. The zero-order valence-electron chi connectivity index (χ0n) is 6.61. The highest BCUT2D eigenvalue weighted by Crippen LogP contribution is 2.28. The molecular formula is C5H10BF4N2-. The maximum absolute atomic E-state index is 9.75. The van der Waals surface area contributed by atoms with Crippen molar-refractivity contribution >= 4 is 13.1 Å². The van der Waals surface area contributed by atoms with Gasteiger partial charge < -0.3 is 23.0 Å². The van der Waals surface area contributed by atoms with Gasteiger partial charge >= 0.3 is 7.25 Å². The number of hydrogen-bond acceptors (Lipinski definition) is 1. The molecule has 2 nitrogen and oxygen atoms in total. The van der Waals surface area contributed by atoms with Crippen LogP contribution in [-0.4, -0.2) is 20.1 Å². The Balaban J connectivity index is 0.000000217. The molecule has 1 fully saturated rings. The fourth-order valence-electron chi connectivity index (χ4n) is 0.562. The van der Waals surface area contributed by atoms with Gasteiger partial charge in [-0.05, 0) is 12.8 Å². The van der Waals surface area contributed by atoms with Gasteiger partial charge in [0.25, 0.3) is 0 Å². The zero-order chi connectivity index (χ0) is 9.78. The van der Waals surface area contributed by atoms with E-state index in [1.54, 1.807) is 7.05 Å². The van der Waals surface area contributed by atoms with Gasteiger partial charge in [0.05, 0.1) is 5.84 Å². The fourth-order valence-corrected chi connectivity index (χ4v) is 0.562. The Morgan fingerprint density at radius 2 is 1.67 bits per heavy atom. The van der Waals surface area contributed by atoms with E-state index in [1.807, 2.05) is 0 Å². The molecule has 7 heteroatoms. The van der Waals surface area contributed by atoms with Gasteiger partial charge in [0.1, 0.15) is 0 Å². The van der Waals surface area contributed by atoms with E-state index in [0.717, 1.165) is 5.84 Å². The van der Waals surface area contributed by atoms with E-state index in [9.17, 15) is 17.3 Å². The molecule has 0 atom stereocenters. The first-order valence-electron chi connectivity index (χ1n) is 3.44. The Kier molecular flexibility index (Phi) is 4.05. The maximum atomic E-state index is 9.75. The van der Waals surface area contributed by atoms with Gasteiger partial charge in [0.2, 0.25) is 0 Å². The number of halogens is 4. The lowest BCUT2D eigenvalue weighted by molar-refractivity contribution is 0.368. The molecule has 0 unspecified atom stereocenters. The number of aliphatic imine (C=N–C) groups is 1. The lowest BCUT2D eigenvalue weighted by Crippen LogP contribution is -2.12. The normalized spacial score (nSPS) is 18.2. The first-order valence-corrected chi connectivity index (χ1v) is 3.44. The minimum absolute atomic E-state index is 0.644. The standard InChI is InChI=1S/C5H10N2.BF4/c1-7-5(6)4-2-3-4;2-1(3,4)5/h4H,2-3H2,1H3,(H2,6,7);/q;-1. The van der Waals surface area contributed by atoms with Crippen LogP contribution >= 0.6 is 0 Å². The topological polar surface area (TPSA) is 38.4 Å². The molecule has 0 bridgehead atoms. The van der Waals surface area contributed by atoms with Crippen molar-refractivity contribution in [3.63, 3.8) is 0 Å². The molecule has 0 aliphatic heterocycles. The second-order valence-corrected chi connectivity index (χ2v) is 2.42. The largest absolute Gasteiger partial charge is 0.673 e. The third-order valence-electron chi connectivity index (χ3n) is 1.25. The van der Waals surface area contributed by atoms with Crippen molar-refractivity contribution in [2.24, 2.45) is 16.6 Å². The summed E-state index contributed by atoms with van der Waals surface area (Å²) in [4.78, 5) is 3.84. The van der Waals surface area contributed by atoms with Gasteiger partial charge in [-0.25, -0.2) is 0 Å². The smallest absolute Gasteiger partial charge is 0.418 e. The summed E-state index contributed by atoms with van der Waals surface area (Å²) < 4.78 is 39.0. The number of nitrogens with two attached hydrogens (primary N) is 1. The molecule has 0 spiro atoms. The van der Waals surface area contributed by atoms with Crippen LogP contribution in [0, 0.1) is 5.92 Å². The Labute approximate surface area is 68.0 Å². The lowest BCUT2D eigenvalue weighted by atomic mass is 10.3. The predicted molar refractivity (Wildman–Crippen MR) is 40.5 cm³/mol. The highest BCUT2D eigenvalue weighted by atomic mass is 19.5. The molecule has 0 amide bonds. The SMILES string of the molecule is CN=C(N)C1CC1.F[B-](F)(F)F. The van der Waals surface area contributed by atoms with Crippen LogP contribution in [0.15, 0.2) is 4.99 Å². The molecule has 0 heterocycles. The number of hydrogen-bond donors (Lipinski definition) is 1. The lowest BCUT2D eigenvalue weighted by Gasteiger charge is -1.94. The molecule has 0 aromatic carbocycles. The van der Waals surface area contributed by atoms with E-state index in [1.165, 1.54) is 12.8 Å². The van der Waals surface area contributed by atoms with Crippen molar-refractivity contribution in [3.8, 4) is 0 Å². The van der Waals surface area contributed by atoms with Crippen molar-refractivity contribution in [3.05, 3.63) is 0 Å². The van der Waals surface area contributed by atoms with Gasteiger partial charge in [-0.1, -0.05) is 0 Å². The summed E-state index contributed by atoms with van der Waals surface area (Å²) in [6.07, 6.45) is 2.51. The van der Waals surface area contributed by atoms with Crippen molar-refractivity contribution in [2.45, 2.75) is 12.8 Å². The molecule has 2 N–H and O–H groups in total. The van der Waals surface area contributed by atoms with Crippen LogP contribution in [0.5, 0.6) is 0 Å². The van der Waals surface area contributed by atoms with Crippen LogP contribution in [0.25, 0.3) is 0 Å². The van der Waals surface area contributed by atoms with Crippen LogP contribution in [-0.2, 0) is 0 Å². The minimum atomic E-state index is -6.00. The zero-order valence-corrected chi connectivity index (χ0v) is 6.61. The molecule has 1 rings (SSSR count). The molecule has 0 radical (unpaired) electrons. The minimum Gasteiger partial charge on any atom is -0.418 e. The van der Waals surface area contributed by atoms with Gasteiger partial charge in [-0.15, -0.1) is 0 Å². The molecule has 72 valence electrons. The van der Waals surface area contributed by atoms with E-state index in [2.05, 4.69) is 4.99 Å². The fraction of sp³-hybridized carbons (Fsp3) is 0.800. The van der Waals surface area contributed by atoms with Crippen LogP contribution in [0.4, 0.5) is 17.3 Å². The first kappa shape index (κ1) is 11.3. The van der Waals surface area contributed by atoms with Crippen molar-refractivity contribution in [2.75, 3.05) is 7.05 Å². The van der Waals surface area contributed by atoms with Crippen LogP contribution < -0.4 is 5.73 Å². The summed E-state index contributed by atoms with van der Waals surface area (Å²) >= 11 is 0. The molecule has 0 aromatic rings. The van der Waals surface area contributed by atoms with Crippen molar-refractivity contribution in [1.82, 2.24) is 0 Å². The van der Waals surface area contributed by atoms with E-state index < -0.39 is 7.25 Å². The number of amidine groups is 1. The van der Waals surface area contributed by atoms with Crippen LogP contribution in [0.2, 0.25) is 0 Å². The predicted octanol–water partition coefficient (Wildman–Crippen LogP) is 1.68. The third-order valence-corrected chi connectivity index (χ3v) is 1.25. The molecule has 1 aliphatic carbocycles. The van der Waals surface area contributed by atoms with Crippen LogP contribution in [0.3, 0.4) is 0 Å². The summed E-state index contributed by atoms with van der Waals surface area (Å²) in [6.45, 7) is 0. The summed E-state index contributed by atoms with van der Waals surface area (Å²) in [6, 6.07) is 0. The molecule has 0 aromatic heterocycles. The molecular weight excluding hydrogens is 175 g/mol. The summed E-state index contributed by atoms with van der Waals surface area (Å²) in [5, 5.41) is 0. The summed E-state index contributed by atoms with van der Waals surface area (Å²) in [5.41, 5.74) is 5.43. The molecule has 1 saturated carbocycles. The Morgan fingerprint density at radius 1 is 1.33 bits per heavy atom. The molecule has 0 saturated heterocycles. The van der Waals surface area contributed by atoms with Crippen molar-refractivity contribution in [1.29, 1.82) is 0 Å². The third kappa shape index (κ3) is 9.25. The quantitative estimate of drug-likeness (QED) is 0.287. The van der Waals surface area contributed by atoms with Gasteiger partial charge in [-0.2, -0.15) is 0 Å². The Morgan fingerprint density at radius 3 is 1.75 bits per heavy atom. The molecule has 12 heavy (non-hydrogen) atoms. The number of rotatable bonds is 1. The second-order valence-electron chi connectivity index (χ2n) is 2.42. The summed E-state index contributed by atoms with van der Waals surface area (Å²) in [5.74, 6) is 1.48. The van der Waals surface area contributed by atoms with Crippen LogP contribution in [0.1, 0.15) is 12.8 Å². The van der Waals surface area contributed by atoms with E-state index in [0.29, 0.717) is 5.92 Å². The maximum Gasteiger partial charge on any atom is 0.673 e. The van der Waals surface area contributed by atoms with E-state index in [-0.39, 0.29) is 0 Å². The van der Waals surface area contributed by atoms with Gasteiger partial charge in [-0.3, -0.25) is 4.99 Å². The number of nitrogens with zero attached hydrogens (tertiary/aromatic N) is 1. The van der Waals surface area contributed by atoms with E-state index >= 15 is 0 Å². The second kappa shape index (κ2) is 4.32. The average Bonchev–Trinajstić information content (AvgIpc) is 2.63. The van der Waals surface area contributed by atoms with Gasteiger partial charge in [0, 0.05) is 13.0 Å². The van der Waals surface area contributed by atoms with E-state index in [4.69, 9.17) is 5.73 Å². The molecule has 1 aliphatic rings. The Hall–Kier alpha value is -0.745. The highest BCUT2D eigenvalue weighted by Gasteiger charge is 2.24. The van der Waals surface area contributed by atoms with Gasteiger partial charge in [0.15, 0.2) is 0 Å².